The van der Waals surface area contributed by atoms with Gasteiger partial charge in [-0.2, -0.15) is 0 Å². The maximum Gasteiger partial charge on any atom is 0.410 e. The van der Waals surface area contributed by atoms with Crippen LogP contribution in [0.1, 0.15) is 52.9 Å². The van der Waals surface area contributed by atoms with Gasteiger partial charge in [-0.15, -0.1) is 0 Å². The second-order valence-corrected chi connectivity index (χ2v) is 6.98. The Balaban J connectivity index is 1.91. The zero-order chi connectivity index (χ0) is 18.6. The lowest BCUT2D eigenvalue weighted by atomic mass is 9.53. The first-order chi connectivity index (χ1) is 11.8. The van der Waals surface area contributed by atoms with Crippen LogP contribution in [0.4, 0.5) is 4.79 Å². The van der Waals surface area contributed by atoms with Gasteiger partial charge in [0.1, 0.15) is 0 Å². The monoisotopic (exact) mass is 353 g/mol. The van der Waals surface area contributed by atoms with Gasteiger partial charge in [0.25, 0.3) is 0 Å². The summed E-state index contributed by atoms with van der Waals surface area (Å²) in [6.07, 6.45) is 3.51. The van der Waals surface area contributed by atoms with Gasteiger partial charge in [0.2, 0.25) is 6.29 Å². The summed E-state index contributed by atoms with van der Waals surface area (Å²) < 4.78 is 9.87. The molecule has 0 aromatic heterocycles. The molecule has 2 aliphatic rings. The van der Waals surface area contributed by atoms with Gasteiger partial charge in [-0.3, -0.25) is 9.59 Å². The van der Waals surface area contributed by atoms with E-state index in [1.165, 1.54) is 12.5 Å². The number of carbonyl (C=O) groups is 3. The van der Waals surface area contributed by atoms with E-state index in [-0.39, 0.29) is 25.3 Å². The zero-order valence-corrected chi connectivity index (χ0v) is 15.0. The van der Waals surface area contributed by atoms with E-state index in [1.807, 2.05) is 0 Å². The van der Waals surface area contributed by atoms with E-state index in [2.05, 4.69) is 18.3 Å². The predicted molar refractivity (Wildman–Crippen MR) is 89.6 cm³/mol. The van der Waals surface area contributed by atoms with Crippen LogP contribution < -0.4 is 5.32 Å². The molecule has 2 N–H and O–H groups in total. The largest absolute Gasteiger partial charge is 0.481 e. The molecule has 140 valence electrons. The average Bonchev–Trinajstić information content (AvgIpc) is 2.88. The number of alkyl carbamates (subject to hydrolysis) is 1. The van der Waals surface area contributed by atoms with E-state index in [4.69, 9.17) is 9.47 Å². The summed E-state index contributed by atoms with van der Waals surface area (Å²) in [6, 6.07) is 0. The smallest absolute Gasteiger partial charge is 0.410 e. The van der Waals surface area contributed by atoms with E-state index in [0.717, 1.165) is 19.3 Å². The number of hydrogen-bond acceptors (Lipinski definition) is 5. The molecule has 25 heavy (non-hydrogen) atoms. The molecule has 7 heteroatoms. The molecule has 0 spiro atoms. The fourth-order valence-electron chi connectivity index (χ4n) is 4.03. The normalized spacial score (nSPS) is 28.2. The number of carboxylic acid groups (broad SMARTS) is 1. The second kappa shape index (κ2) is 7.89. The topological polar surface area (TPSA) is 102 Å². The molecule has 0 saturated heterocycles. The molecule has 0 radical (unpaired) electrons. The molecular formula is C18H27NO6. The number of aliphatic carboxylic acids is 1. The van der Waals surface area contributed by atoms with E-state index < -0.39 is 29.7 Å². The number of rotatable bonds is 8. The van der Waals surface area contributed by atoms with Crippen molar-refractivity contribution in [2.45, 2.75) is 59.2 Å². The Labute approximate surface area is 147 Å². The highest BCUT2D eigenvalue weighted by molar-refractivity contribution is 5.71. The summed E-state index contributed by atoms with van der Waals surface area (Å²) in [7, 11) is 0. The van der Waals surface area contributed by atoms with Gasteiger partial charge in [-0.25, -0.2) is 4.79 Å². The van der Waals surface area contributed by atoms with Gasteiger partial charge in [0, 0.05) is 25.3 Å². The third-order valence-corrected chi connectivity index (χ3v) is 5.22. The van der Waals surface area contributed by atoms with Crippen LogP contribution >= 0.6 is 0 Å². The highest BCUT2D eigenvalue weighted by atomic mass is 16.7. The Morgan fingerprint density at radius 3 is 2.68 bits per heavy atom. The van der Waals surface area contributed by atoms with Gasteiger partial charge >= 0.3 is 18.0 Å². The Kier molecular flexibility index (Phi) is 6.08. The molecule has 4 atom stereocenters. The highest BCUT2D eigenvalue weighted by Crippen LogP contribution is 2.59. The first-order valence-corrected chi connectivity index (χ1v) is 8.85. The lowest BCUT2D eigenvalue weighted by Crippen LogP contribution is -2.53. The standard InChI is InChI=1S/C18H27NO6/c1-4-12-6-13-8-18(9-15(20)21,14(13)7-12)10-19-17(23)25-11(3)24-16(22)5-2/h7,11,13-14H,4-6,8-10H2,1-3H3,(H,19,23)(H,20,21)/t11-,13+,14+,18+/m1/s1. The molecule has 0 heterocycles. The minimum atomic E-state index is -0.977. The number of carbonyl (C=O) groups excluding carboxylic acids is 2. The lowest BCUT2D eigenvalue weighted by Gasteiger charge is -2.51. The fraction of sp³-hybridized carbons (Fsp3) is 0.722. The van der Waals surface area contributed by atoms with Crippen LogP contribution in [0.2, 0.25) is 0 Å². The van der Waals surface area contributed by atoms with Crippen molar-refractivity contribution < 1.29 is 29.0 Å². The lowest BCUT2D eigenvalue weighted by molar-refractivity contribution is -0.164. The molecule has 0 unspecified atom stereocenters. The maximum atomic E-state index is 11.9. The van der Waals surface area contributed by atoms with E-state index in [9.17, 15) is 19.5 Å². The van der Waals surface area contributed by atoms with Gasteiger partial charge in [-0.1, -0.05) is 25.5 Å². The molecule has 1 saturated carbocycles. The Morgan fingerprint density at radius 2 is 2.08 bits per heavy atom. The molecule has 0 bridgehead atoms. The molecule has 1 amide bonds. The Hall–Kier alpha value is -2.05. The summed E-state index contributed by atoms with van der Waals surface area (Å²) in [6.45, 7) is 5.45. The molecule has 2 rings (SSSR count). The number of fused-ring (bicyclic) bond motifs is 1. The van der Waals surface area contributed by atoms with Crippen LogP contribution in [0.25, 0.3) is 0 Å². The number of ether oxygens (including phenoxy) is 2. The molecular weight excluding hydrogens is 326 g/mol. The molecule has 0 aliphatic heterocycles. The quantitative estimate of drug-likeness (QED) is 0.395. The number of esters is 1. The maximum absolute atomic E-state index is 11.9. The highest BCUT2D eigenvalue weighted by Gasteiger charge is 2.55. The van der Waals surface area contributed by atoms with Crippen LogP contribution in [0.15, 0.2) is 11.6 Å². The number of carboxylic acids is 1. The summed E-state index contributed by atoms with van der Waals surface area (Å²) in [5.41, 5.74) is 0.903. The third-order valence-electron chi connectivity index (χ3n) is 5.22. The molecule has 2 aliphatic carbocycles. The first-order valence-electron chi connectivity index (χ1n) is 8.85. The summed E-state index contributed by atoms with van der Waals surface area (Å²) in [5, 5.41) is 11.9. The van der Waals surface area contributed by atoms with Crippen molar-refractivity contribution in [3.05, 3.63) is 11.6 Å². The molecule has 0 aromatic rings. The van der Waals surface area contributed by atoms with Crippen LogP contribution in [-0.4, -0.2) is 36.0 Å². The average molecular weight is 353 g/mol. The van der Waals surface area contributed by atoms with Crippen molar-refractivity contribution >= 4 is 18.0 Å². The fourth-order valence-corrected chi connectivity index (χ4v) is 4.03. The van der Waals surface area contributed by atoms with E-state index in [0.29, 0.717) is 5.92 Å². The summed E-state index contributed by atoms with van der Waals surface area (Å²) >= 11 is 0. The number of allylic oxidation sites excluding steroid dienone is 2. The van der Waals surface area contributed by atoms with Crippen LogP contribution in [0.5, 0.6) is 0 Å². The molecule has 1 fully saturated rings. The SMILES string of the molecule is CCC(=O)O[C@@H](C)OC(=O)NC[C@@]1(CC(=O)O)C[C@@H]2CC(CC)=C[C@@H]21. The van der Waals surface area contributed by atoms with Crippen LogP contribution in [0, 0.1) is 17.3 Å². The predicted octanol–water partition coefficient (Wildman–Crippen LogP) is 2.85. The van der Waals surface area contributed by atoms with E-state index >= 15 is 0 Å². The Morgan fingerprint density at radius 1 is 1.36 bits per heavy atom. The third kappa shape index (κ3) is 4.52. The minimum absolute atomic E-state index is 0.0162. The van der Waals surface area contributed by atoms with Gasteiger partial charge in [0.15, 0.2) is 0 Å². The zero-order valence-electron chi connectivity index (χ0n) is 15.0. The van der Waals surface area contributed by atoms with Crippen molar-refractivity contribution in [3.8, 4) is 0 Å². The van der Waals surface area contributed by atoms with E-state index in [1.54, 1.807) is 6.92 Å². The Bertz CT molecular complexity index is 572. The van der Waals surface area contributed by atoms with Crippen molar-refractivity contribution in [1.29, 1.82) is 0 Å². The minimum Gasteiger partial charge on any atom is -0.481 e. The number of nitrogens with one attached hydrogen (secondary N) is 1. The van der Waals surface area contributed by atoms with Gasteiger partial charge in [-0.05, 0) is 31.1 Å². The van der Waals surface area contributed by atoms with Crippen molar-refractivity contribution in [1.82, 2.24) is 5.32 Å². The second-order valence-electron chi connectivity index (χ2n) is 6.98. The first kappa shape index (κ1) is 19.3. The molecule has 0 aromatic carbocycles. The molecule has 7 nitrogen and oxygen atoms in total. The number of hydrogen-bond donors (Lipinski definition) is 2. The summed E-state index contributed by atoms with van der Waals surface area (Å²) in [4.78, 5) is 34.4. The van der Waals surface area contributed by atoms with Crippen molar-refractivity contribution in [2.75, 3.05) is 6.54 Å². The van der Waals surface area contributed by atoms with Crippen molar-refractivity contribution in [2.24, 2.45) is 17.3 Å². The van der Waals surface area contributed by atoms with Gasteiger partial charge in [0.05, 0.1) is 6.42 Å². The van der Waals surface area contributed by atoms with Crippen molar-refractivity contribution in [3.63, 3.8) is 0 Å². The van der Waals surface area contributed by atoms with Crippen LogP contribution in [0.3, 0.4) is 0 Å². The summed E-state index contributed by atoms with van der Waals surface area (Å²) in [5.74, 6) is -0.643. The van der Waals surface area contributed by atoms with Gasteiger partial charge < -0.3 is 19.9 Å². The van der Waals surface area contributed by atoms with Crippen LogP contribution in [-0.2, 0) is 19.1 Å². The number of amides is 1.